The third-order valence-corrected chi connectivity index (χ3v) is 1.46. The number of benzene rings is 1. The van der Waals surface area contributed by atoms with Gasteiger partial charge in [0.1, 0.15) is 0 Å². The van der Waals surface area contributed by atoms with E-state index in [0.29, 0.717) is 0 Å². The molecule has 2 heteroatoms. The van der Waals surface area contributed by atoms with Gasteiger partial charge in [0.25, 0.3) is 0 Å². The second kappa shape index (κ2) is 6.50. The van der Waals surface area contributed by atoms with Crippen molar-refractivity contribution in [2.24, 2.45) is 4.99 Å². The Bertz CT molecular complexity index is 256. The van der Waals surface area contributed by atoms with Crippen LogP contribution < -0.4 is 0 Å². The van der Waals surface area contributed by atoms with Crippen LogP contribution in [0.1, 0.15) is 12.5 Å². The molecule has 1 nitrogen and oxygen atoms in total. The van der Waals surface area contributed by atoms with Crippen LogP contribution in [0, 0.1) is 6.92 Å². The Morgan fingerprint density at radius 3 is 2.67 bits per heavy atom. The van der Waals surface area contributed by atoms with Crippen molar-refractivity contribution in [2.75, 3.05) is 0 Å². The van der Waals surface area contributed by atoms with Gasteiger partial charge >= 0.3 is 0 Å². The molecule has 1 radical (unpaired) electrons. The van der Waals surface area contributed by atoms with E-state index in [0.717, 1.165) is 12.1 Å². The van der Waals surface area contributed by atoms with Gasteiger partial charge in [0, 0.05) is 32.7 Å². The molecule has 0 spiro atoms. The number of nitrogens with zero attached hydrogens (tertiary/aromatic N) is 1. The molecule has 12 heavy (non-hydrogen) atoms. The molecule has 0 saturated carbocycles. The van der Waals surface area contributed by atoms with Gasteiger partial charge in [-0.25, -0.2) is 0 Å². The van der Waals surface area contributed by atoms with Gasteiger partial charge in [-0.1, -0.05) is 30.3 Å². The van der Waals surface area contributed by atoms with Crippen molar-refractivity contribution in [1.82, 2.24) is 0 Å². The van der Waals surface area contributed by atoms with Crippen molar-refractivity contribution >= 4 is 11.9 Å². The molecule has 0 atom stereocenters. The van der Waals surface area contributed by atoms with Crippen molar-refractivity contribution in [3.8, 4) is 0 Å². The number of hydrogen-bond acceptors (Lipinski definition) is 1. The van der Waals surface area contributed by atoms with Crippen molar-refractivity contribution in [2.45, 2.75) is 13.3 Å². The van der Waals surface area contributed by atoms with Crippen LogP contribution in [0.25, 0.3) is 0 Å². The van der Waals surface area contributed by atoms with Crippen molar-refractivity contribution in [1.29, 1.82) is 0 Å². The summed E-state index contributed by atoms with van der Waals surface area (Å²) in [4.78, 5) is 4.05. The van der Waals surface area contributed by atoms with Crippen LogP contribution in [0.3, 0.4) is 0 Å². The van der Waals surface area contributed by atoms with Gasteiger partial charge in [0.2, 0.25) is 0 Å². The van der Waals surface area contributed by atoms with Crippen LogP contribution in [0.15, 0.2) is 29.3 Å². The third kappa shape index (κ3) is 2.80. The van der Waals surface area contributed by atoms with E-state index in [1.54, 1.807) is 6.92 Å². The smallest absolute Gasteiger partial charge is 0 e. The molecule has 0 bridgehead atoms. The Morgan fingerprint density at radius 1 is 1.33 bits per heavy atom. The molecule has 1 aliphatic rings. The second-order valence-electron chi connectivity index (χ2n) is 2.08. The molecule has 0 amide bonds. The van der Waals surface area contributed by atoms with E-state index in [2.05, 4.69) is 24.2 Å². The van der Waals surface area contributed by atoms with Gasteiger partial charge in [0.15, 0.2) is 0 Å². The van der Waals surface area contributed by atoms with Gasteiger partial charge in [0.05, 0.1) is 0 Å². The van der Waals surface area contributed by atoms with E-state index >= 15 is 0 Å². The Balaban J connectivity index is 0.000000378. The Kier molecular flexibility index (Phi) is 6.50. The minimum Gasteiger partial charge on any atom is -0.456 e. The molecule has 0 aromatic heterocycles. The number of aliphatic imine (C=N–C) groups is 1. The summed E-state index contributed by atoms with van der Waals surface area (Å²) in [7, 11) is 0. The van der Waals surface area contributed by atoms with Crippen LogP contribution in [0.5, 0.6) is 0 Å². The van der Waals surface area contributed by atoms with E-state index < -0.39 is 0 Å². The first-order valence-corrected chi connectivity index (χ1v) is 3.69. The van der Waals surface area contributed by atoms with Gasteiger partial charge in [-0.2, -0.15) is 13.1 Å². The molecular weight excluding hydrogens is 223 g/mol. The predicted molar refractivity (Wildman–Crippen MR) is 48.3 cm³/mol. The van der Waals surface area contributed by atoms with Crippen LogP contribution in [0.2, 0.25) is 0 Å². The monoisotopic (exact) mass is 234 g/mol. The Morgan fingerprint density at radius 2 is 2.00 bits per heavy atom. The summed E-state index contributed by atoms with van der Waals surface area (Å²) < 4.78 is 0. The zero-order valence-electron chi connectivity index (χ0n) is 7.25. The standard InChI is InChI=1S/C8H6N.C2H5.Y/c1-2-4-8-7(3-1)5-6-9-8;1-2;/h1-4H,5H2;1H2,2H3;/q2*-1;. The van der Waals surface area contributed by atoms with E-state index in [-0.39, 0.29) is 32.7 Å². The van der Waals surface area contributed by atoms with E-state index in [4.69, 9.17) is 0 Å². The molecule has 1 aliphatic heterocycles. The Labute approximate surface area is 99.2 Å². The molecule has 0 aliphatic carbocycles. The van der Waals surface area contributed by atoms with Crippen molar-refractivity contribution in [3.63, 3.8) is 0 Å². The molecule has 0 unspecified atom stereocenters. The van der Waals surface area contributed by atoms with Gasteiger partial charge in [-0.05, 0) is 0 Å². The Hall–Kier alpha value is -0.00610. The van der Waals surface area contributed by atoms with Crippen molar-refractivity contribution < 1.29 is 32.7 Å². The molecule has 1 heterocycles. The maximum absolute atomic E-state index is 4.05. The quantitative estimate of drug-likeness (QED) is 0.612. The average Bonchev–Trinajstić information content (AvgIpc) is 2.55. The minimum atomic E-state index is 0. The zero-order valence-corrected chi connectivity index (χ0v) is 10.1. The predicted octanol–water partition coefficient (Wildman–Crippen LogP) is 2.66. The van der Waals surface area contributed by atoms with Gasteiger partial charge < -0.3 is 11.9 Å². The summed E-state index contributed by atoms with van der Waals surface area (Å²) in [6, 6.07) is 8.12. The fourth-order valence-electron chi connectivity index (χ4n) is 0.979. The van der Waals surface area contributed by atoms with Crippen LogP contribution in [-0.4, -0.2) is 6.21 Å². The number of fused-ring (bicyclic) bond motifs is 1. The normalized spacial score (nSPS) is 10.8. The SMILES string of the molecule is [C-]1=Nc2ccccc2C1.[CH2-]C.[Y]. The molecule has 0 fully saturated rings. The van der Waals surface area contributed by atoms with E-state index in [1.807, 2.05) is 18.2 Å². The molecule has 1 aromatic carbocycles. The first-order chi connectivity index (χ1) is 5.47. The molecule has 0 saturated heterocycles. The molecule has 61 valence electrons. The zero-order chi connectivity index (χ0) is 8.10. The van der Waals surface area contributed by atoms with Crippen LogP contribution >= 0.6 is 0 Å². The number of para-hydroxylation sites is 1. The molecule has 0 N–H and O–H groups in total. The molecule has 2 rings (SSSR count). The topological polar surface area (TPSA) is 12.4 Å². The summed E-state index contributed by atoms with van der Waals surface area (Å²) in [5.74, 6) is 0. The van der Waals surface area contributed by atoms with Crippen LogP contribution in [-0.2, 0) is 39.1 Å². The summed E-state index contributed by atoms with van der Waals surface area (Å²) in [6.45, 7) is 5.00. The average molecular weight is 234 g/mol. The molecular formula is C10H11NY-2. The van der Waals surface area contributed by atoms with Crippen molar-refractivity contribution in [3.05, 3.63) is 36.8 Å². The van der Waals surface area contributed by atoms with E-state index in [1.165, 1.54) is 5.56 Å². The summed E-state index contributed by atoms with van der Waals surface area (Å²) in [6.07, 6.45) is 3.80. The fraction of sp³-hybridized carbons (Fsp3) is 0.200. The number of rotatable bonds is 0. The first kappa shape index (κ1) is 12.0. The largest absolute Gasteiger partial charge is 0.456 e. The van der Waals surface area contributed by atoms with Crippen LogP contribution in [0.4, 0.5) is 5.69 Å². The van der Waals surface area contributed by atoms with Gasteiger partial charge in [-0.15, -0.1) is 11.6 Å². The maximum atomic E-state index is 4.05. The van der Waals surface area contributed by atoms with E-state index in [9.17, 15) is 0 Å². The molecule has 1 aromatic rings. The fourth-order valence-corrected chi connectivity index (χ4v) is 0.979. The third-order valence-electron chi connectivity index (χ3n) is 1.46. The summed E-state index contributed by atoms with van der Waals surface area (Å²) in [5, 5.41) is 0. The van der Waals surface area contributed by atoms with Gasteiger partial charge in [-0.3, -0.25) is 0 Å². The first-order valence-electron chi connectivity index (χ1n) is 3.69. The second-order valence-corrected chi connectivity index (χ2v) is 2.08. The number of hydrogen-bond donors (Lipinski definition) is 0. The summed E-state index contributed by atoms with van der Waals surface area (Å²) in [5.41, 5.74) is 2.37. The summed E-state index contributed by atoms with van der Waals surface area (Å²) >= 11 is 0. The maximum Gasteiger partial charge on any atom is 0 e. The minimum absolute atomic E-state index is 0.